The van der Waals surface area contributed by atoms with Gasteiger partial charge in [-0.2, -0.15) is 0 Å². The fourth-order valence-corrected chi connectivity index (χ4v) is 5.56. The van der Waals surface area contributed by atoms with Crippen molar-refractivity contribution in [2.45, 2.75) is 25.3 Å². The predicted octanol–water partition coefficient (Wildman–Crippen LogP) is 5.19. The molecule has 3 heterocycles. The third kappa shape index (κ3) is 6.01. The van der Waals surface area contributed by atoms with Crippen molar-refractivity contribution in [1.29, 1.82) is 0 Å². The number of carbonyl (C=O) groups is 3. The Bertz CT molecular complexity index is 1270. The SMILES string of the molecule is O=C(O)C[C@@H](NC(=O)C1CCN(C(=O)/C=C/c2cc3ccsc3c(Cl)c2Cl)CC1)c1cccnc1. The minimum absolute atomic E-state index is 0.166. The number of carboxylic acid groups (broad SMARTS) is 1. The number of pyridine rings is 1. The van der Waals surface area contributed by atoms with Crippen molar-refractivity contribution in [3.8, 4) is 0 Å². The summed E-state index contributed by atoms with van der Waals surface area (Å²) in [6.45, 7) is 0.853. The largest absolute Gasteiger partial charge is 0.481 e. The molecular weight excluding hydrogens is 509 g/mol. The van der Waals surface area contributed by atoms with Crippen LogP contribution in [0.15, 0.2) is 48.1 Å². The van der Waals surface area contributed by atoms with E-state index >= 15 is 0 Å². The summed E-state index contributed by atoms with van der Waals surface area (Å²) in [5, 5.41) is 15.9. The molecule has 3 aromatic rings. The highest BCUT2D eigenvalue weighted by Gasteiger charge is 2.29. The number of piperidine rings is 1. The average molecular weight is 532 g/mol. The van der Waals surface area contributed by atoms with Gasteiger partial charge in [0.1, 0.15) is 0 Å². The van der Waals surface area contributed by atoms with Crippen LogP contribution in [0.2, 0.25) is 10.0 Å². The number of aliphatic carboxylic acids is 1. The van der Waals surface area contributed by atoms with E-state index in [0.717, 1.165) is 10.1 Å². The Labute approximate surface area is 216 Å². The standard InChI is InChI=1S/C25H23Cl2N3O4S/c26-22-16(12-17-7-11-35-24(17)23(22)27)3-4-20(31)30-9-5-15(6-10-30)25(34)29-19(13-21(32)33)18-2-1-8-28-14-18/h1-4,7-8,11-12,14-15,19H,5-6,9-10,13H2,(H,29,34)(H,32,33)/b4-3+/t19-/m1/s1. The molecule has 1 atom stereocenters. The van der Waals surface area contributed by atoms with Gasteiger partial charge in [-0.1, -0.05) is 29.3 Å². The zero-order valence-corrected chi connectivity index (χ0v) is 20.9. The van der Waals surface area contributed by atoms with Gasteiger partial charge in [0.2, 0.25) is 11.8 Å². The van der Waals surface area contributed by atoms with Crippen molar-refractivity contribution in [3.63, 3.8) is 0 Å². The van der Waals surface area contributed by atoms with E-state index in [1.807, 2.05) is 17.5 Å². The van der Waals surface area contributed by atoms with Crippen LogP contribution in [-0.4, -0.2) is 45.9 Å². The van der Waals surface area contributed by atoms with Crippen LogP contribution in [0.1, 0.15) is 36.4 Å². The third-order valence-corrected chi connectivity index (χ3v) is 7.96. The van der Waals surface area contributed by atoms with Crippen molar-refractivity contribution in [2.24, 2.45) is 5.92 Å². The predicted molar refractivity (Wildman–Crippen MR) is 138 cm³/mol. The summed E-state index contributed by atoms with van der Waals surface area (Å²) < 4.78 is 0.912. The Morgan fingerprint density at radius 2 is 2.00 bits per heavy atom. The molecule has 0 unspecified atom stereocenters. The van der Waals surface area contributed by atoms with Gasteiger partial charge >= 0.3 is 5.97 Å². The number of hydrogen-bond acceptors (Lipinski definition) is 5. The fourth-order valence-electron chi connectivity index (χ4n) is 4.12. The molecule has 7 nitrogen and oxygen atoms in total. The summed E-state index contributed by atoms with van der Waals surface area (Å²) in [4.78, 5) is 42.5. The second-order valence-electron chi connectivity index (χ2n) is 8.31. The molecule has 1 fully saturated rings. The molecule has 1 aliphatic rings. The molecule has 0 radical (unpaired) electrons. The van der Waals surface area contributed by atoms with Crippen LogP contribution in [0.25, 0.3) is 16.2 Å². The van der Waals surface area contributed by atoms with Crippen molar-refractivity contribution < 1.29 is 19.5 Å². The van der Waals surface area contributed by atoms with Crippen LogP contribution < -0.4 is 5.32 Å². The van der Waals surface area contributed by atoms with Crippen molar-refractivity contribution >= 4 is 68.5 Å². The van der Waals surface area contributed by atoms with E-state index in [-0.39, 0.29) is 24.2 Å². The number of rotatable bonds is 7. The number of likely N-dealkylation sites (tertiary alicyclic amines) is 1. The van der Waals surface area contributed by atoms with E-state index in [4.69, 9.17) is 23.2 Å². The number of thiophene rings is 1. The normalized spacial score (nSPS) is 15.4. The first-order chi connectivity index (χ1) is 16.8. The smallest absolute Gasteiger partial charge is 0.305 e. The van der Waals surface area contributed by atoms with Gasteiger partial charge in [-0.15, -0.1) is 11.3 Å². The summed E-state index contributed by atoms with van der Waals surface area (Å²) in [6.07, 6.45) is 7.03. The second kappa shape index (κ2) is 11.2. The van der Waals surface area contributed by atoms with Gasteiger partial charge in [0.15, 0.2) is 0 Å². The molecular formula is C25H23Cl2N3O4S. The molecule has 182 valence electrons. The maximum atomic E-state index is 12.8. The summed E-state index contributed by atoms with van der Waals surface area (Å²) in [5.74, 6) is -1.69. The van der Waals surface area contributed by atoms with Crippen LogP contribution in [0.4, 0.5) is 0 Å². The lowest BCUT2D eigenvalue weighted by molar-refractivity contribution is -0.138. The number of halogens is 2. The molecule has 2 N–H and O–H groups in total. The highest BCUT2D eigenvalue weighted by atomic mass is 35.5. The van der Waals surface area contributed by atoms with Gasteiger partial charge in [-0.25, -0.2) is 0 Å². The molecule has 10 heteroatoms. The van der Waals surface area contributed by atoms with Crippen LogP contribution >= 0.6 is 34.5 Å². The third-order valence-electron chi connectivity index (χ3n) is 6.02. The van der Waals surface area contributed by atoms with E-state index < -0.39 is 12.0 Å². The van der Waals surface area contributed by atoms with Gasteiger partial charge in [-0.05, 0) is 59.0 Å². The van der Waals surface area contributed by atoms with E-state index in [1.165, 1.54) is 17.4 Å². The topological polar surface area (TPSA) is 99.6 Å². The molecule has 0 spiro atoms. The van der Waals surface area contributed by atoms with Crippen molar-refractivity contribution in [1.82, 2.24) is 15.2 Å². The van der Waals surface area contributed by atoms with Gasteiger partial charge in [0.05, 0.1) is 27.2 Å². The molecule has 2 aromatic heterocycles. The minimum Gasteiger partial charge on any atom is -0.481 e. The Kier molecular flexibility index (Phi) is 8.05. The molecule has 2 amide bonds. The summed E-state index contributed by atoms with van der Waals surface area (Å²) in [6, 6.07) is 6.63. The van der Waals surface area contributed by atoms with E-state index in [0.29, 0.717) is 47.1 Å². The number of nitrogens with one attached hydrogen (secondary N) is 1. The zero-order chi connectivity index (χ0) is 24.9. The molecule has 0 saturated carbocycles. The van der Waals surface area contributed by atoms with Crippen LogP contribution in [0.3, 0.4) is 0 Å². The van der Waals surface area contributed by atoms with Crippen LogP contribution in [0.5, 0.6) is 0 Å². The number of aromatic nitrogens is 1. The van der Waals surface area contributed by atoms with E-state index in [1.54, 1.807) is 35.5 Å². The number of fused-ring (bicyclic) bond motifs is 1. The fraction of sp³-hybridized carbons (Fsp3) is 0.280. The van der Waals surface area contributed by atoms with Crippen molar-refractivity contribution in [2.75, 3.05) is 13.1 Å². The van der Waals surface area contributed by atoms with Crippen molar-refractivity contribution in [3.05, 3.63) is 69.3 Å². The molecule has 1 aromatic carbocycles. The molecule has 1 aliphatic heterocycles. The molecule has 0 bridgehead atoms. The highest BCUT2D eigenvalue weighted by Crippen LogP contribution is 2.37. The summed E-state index contributed by atoms with van der Waals surface area (Å²) in [5.41, 5.74) is 1.31. The highest BCUT2D eigenvalue weighted by molar-refractivity contribution is 7.18. The van der Waals surface area contributed by atoms with Gasteiger partial charge < -0.3 is 15.3 Å². The number of amides is 2. The number of hydrogen-bond donors (Lipinski definition) is 2. The lowest BCUT2D eigenvalue weighted by Crippen LogP contribution is -2.43. The quantitative estimate of drug-likeness (QED) is 0.408. The first-order valence-corrected chi connectivity index (χ1v) is 12.7. The monoisotopic (exact) mass is 531 g/mol. The second-order valence-corrected chi connectivity index (χ2v) is 9.98. The lowest BCUT2D eigenvalue weighted by atomic mass is 9.94. The van der Waals surface area contributed by atoms with Gasteiger partial charge in [-0.3, -0.25) is 19.4 Å². The number of benzene rings is 1. The number of nitrogens with zero attached hydrogens (tertiary/aromatic N) is 2. The number of carbonyl (C=O) groups excluding carboxylic acids is 2. The van der Waals surface area contributed by atoms with Gasteiger partial charge in [0.25, 0.3) is 0 Å². The van der Waals surface area contributed by atoms with Crippen LogP contribution in [-0.2, 0) is 14.4 Å². The number of carboxylic acids is 1. The Hall–Kier alpha value is -2.94. The maximum absolute atomic E-state index is 12.8. The first-order valence-electron chi connectivity index (χ1n) is 11.1. The van der Waals surface area contributed by atoms with E-state index in [2.05, 4.69) is 10.3 Å². The van der Waals surface area contributed by atoms with Crippen LogP contribution in [0, 0.1) is 5.92 Å². The Morgan fingerprint density at radius 3 is 2.69 bits per heavy atom. The maximum Gasteiger partial charge on any atom is 0.305 e. The summed E-state index contributed by atoms with van der Waals surface area (Å²) in [7, 11) is 0. The lowest BCUT2D eigenvalue weighted by Gasteiger charge is -2.31. The average Bonchev–Trinajstić information content (AvgIpc) is 3.34. The Balaban J connectivity index is 1.35. The first kappa shape index (κ1) is 25.2. The minimum atomic E-state index is -1.01. The molecule has 35 heavy (non-hydrogen) atoms. The van der Waals surface area contributed by atoms with E-state index in [9.17, 15) is 19.5 Å². The molecule has 0 aliphatic carbocycles. The molecule has 1 saturated heterocycles. The Morgan fingerprint density at radius 1 is 1.23 bits per heavy atom. The summed E-state index contributed by atoms with van der Waals surface area (Å²) >= 11 is 14.3. The molecule has 4 rings (SSSR count). The zero-order valence-electron chi connectivity index (χ0n) is 18.6. The van der Waals surface area contributed by atoms with Gasteiger partial charge in [0, 0.05) is 37.5 Å².